The smallest absolute Gasteiger partial charge is 0.252 e. The van der Waals surface area contributed by atoms with Gasteiger partial charge in [-0.1, -0.05) is 74.6 Å². The highest BCUT2D eigenvalue weighted by atomic mass is 32.2. The number of hydrogen-bond donors (Lipinski definition) is 0. The first-order chi connectivity index (χ1) is 16.2. The van der Waals surface area contributed by atoms with E-state index in [1.807, 2.05) is 23.5 Å². The van der Waals surface area contributed by atoms with Gasteiger partial charge in [-0.25, -0.2) is 0 Å². The number of rotatable bonds is 3. The summed E-state index contributed by atoms with van der Waals surface area (Å²) in [4.78, 5) is 8.44. The van der Waals surface area contributed by atoms with E-state index < -0.39 is 0 Å². The molecular weight excluding hydrogens is 437 g/mol. The van der Waals surface area contributed by atoms with E-state index in [0.717, 1.165) is 19.3 Å². The van der Waals surface area contributed by atoms with E-state index in [-0.39, 0.29) is 0 Å². The topological polar surface area (TPSA) is 3.24 Å². The van der Waals surface area contributed by atoms with Crippen molar-refractivity contribution in [2.24, 2.45) is 5.92 Å². The van der Waals surface area contributed by atoms with Gasteiger partial charge in [-0.15, -0.1) is 0 Å². The first-order valence-corrected chi connectivity index (χ1v) is 13.8. The predicted molar refractivity (Wildman–Crippen MR) is 144 cm³/mol. The van der Waals surface area contributed by atoms with Crippen LogP contribution in [-0.2, 0) is 12.8 Å². The average molecular weight is 463 g/mol. The van der Waals surface area contributed by atoms with Crippen molar-refractivity contribution in [2.75, 3.05) is 4.90 Å². The number of hydrogen-bond acceptors (Lipinski definition) is 3. The summed E-state index contributed by atoms with van der Waals surface area (Å²) in [6.07, 6.45) is 10.4. The molecule has 3 heterocycles. The van der Waals surface area contributed by atoms with Gasteiger partial charge in [0.05, 0.1) is 0 Å². The quantitative estimate of drug-likeness (QED) is 0.294. The van der Waals surface area contributed by atoms with Crippen LogP contribution in [0.5, 0.6) is 0 Å². The normalized spacial score (nSPS) is 18.9. The molecule has 3 aromatic rings. The lowest BCUT2D eigenvalue weighted by Gasteiger charge is -2.44. The fraction of sp³-hybridized carbons (Fsp3) is 0.241. The number of anilines is 2. The third-order valence-electron chi connectivity index (χ3n) is 7.59. The van der Waals surface area contributed by atoms with Gasteiger partial charge in [0.15, 0.2) is 0 Å². The van der Waals surface area contributed by atoms with Crippen LogP contribution in [0.4, 0.5) is 11.4 Å². The van der Waals surface area contributed by atoms with Crippen molar-refractivity contribution in [3.63, 3.8) is 0 Å². The molecule has 0 saturated heterocycles. The summed E-state index contributed by atoms with van der Waals surface area (Å²) in [5.41, 5.74) is 11.7. The summed E-state index contributed by atoms with van der Waals surface area (Å²) in [7, 11) is 0. The molecule has 0 spiro atoms. The van der Waals surface area contributed by atoms with E-state index in [4.69, 9.17) is 0 Å². The van der Waals surface area contributed by atoms with E-state index >= 15 is 0 Å². The van der Waals surface area contributed by atoms with Gasteiger partial charge in [0.25, 0.3) is 6.71 Å². The number of benzene rings is 3. The van der Waals surface area contributed by atoms with Gasteiger partial charge in [-0.3, -0.25) is 0 Å². The van der Waals surface area contributed by atoms with Crippen molar-refractivity contribution in [3.8, 4) is 0 Å². The molecule has 0 aromatic heterocycles. The summed E-state index contributed by atoms with van der Waals surface area (Å²) in [5.74, 6) is 0.612. The summed E-state index contributed by atoms with van der Waals surface area (Å²) in [6.45, 7) is 7.26. The standard InChI is InChI=1S/C29H26BNS2/c1-4-18-16-19(5-2)29-27-28(18)32-23-10-6-8-21-25(23)30(27)26-22(9-7-11-24(26)33-29)31(21)20-14-12-17(3)13-15-20/h6-12,14-17H,4-5,13H2,1-3H3. The zero-order valence-electron chi connectivity index (χ0n) is 19.3. The Morgan fingerprint density at radius 3 is 2.00 bits per heavy atom. The molecule has 0 fully saturated rings. The predicted octanol–water partition coefficient (Wildman–Crippen LogP) is 6.19. The Morgan fingerprint density at radius 2 is 1.48 bits per heavy atom. The third-order valence-corrected chi connectivity index (χ3v) is 10.1. The number of allylic oxidation sites excluding steroid dienone is 3. The number of aryl methyl sites for hydroxylation is 2. The van der Waals surface area contributed by atoms with Crippen molar-refractivity contribution in [3.05, 3.63) is 77.5 Å². The Morgan fingerprint density at radius 1 is 0.879 bits per heavy atom. The van der Waals surface area contributed by atoms with Crippen molar-refractivity contribution in [1.82, 2.24) is 0 Å². The number of nitrogens with zero attached hydrogens (tertiary/aromatic N) is 1. The molecule has 1 atom stereocenters. The first-order valence-electron chi connectivity index (χ1n) is 12.2. The van der Waals surface area contributed by atoms with Gasteiger partial charge in [-0.2, -0.15) is 0 Å². The fourth-order valence-corrected chi connectivity index (χ4v) is 8.77. The molecule has 7 rings (SSSR count). The zero-order valence-corrected chi connectivity index (χ0v) is 20.9. The minimum atomic E-state index is 0.343. The second kappa shape index (κ2) is 7.35. The summed E-state index contributed by atoms with van der Waals surface area (Å²) in [6, 6.07) is 16.4. The molecule has 4 heteroatoms. The monoisotopic (exact) mass is 463 g/mol. The summed E-state index contributed by atoms with van der Waals surface area (Å²) < 4.78 is 0. The van der Waals surface area contributed by atoms with E-state index in [9.17, 15) is 0 Å². The van der Waals surface area contributed by atoms with E-state index in [2.05, 4.69) is 86.4 Å². The van der Waals surface area contributed by atoms with Gasteiger partial charge in [-0.05, 0) is 83.0 Å². The molecule has 162 valence electrons. The van der Waals surface area contributed by atoms with Gasteiger partial charge >= 0.3 is 0 Å². The van der Waals surface area contributed by atoms with Gasteiger partial charge in [0.2, 0.25) is 0 Å². The lowest BCUT2D eigenvalue weighted by atomic mass is 9.34. The SMILES string of the molecule is CCc1cc(CC)c2c3c1Sc1cccc4c1B3c1c(cccc1N4C1=CCC(C)C=C1)S2. The first kappa shape index (κ1) is 20.1. The van der Waals surface area contributed by atoms with E-state index in [1.54, 1.807) is 5.46 Å². The minimum Gasteiger partial charge on any atom is -0.312 e. The Balaban J connectivity index is 1.56. The Kier molecular flexibility index (Phi) is 4.48. The van der Waals surface area contributed by atoms with Crippen LogP contribution < -0.4 is 21.3 Å². The highest BCUT2D eigenvalue weighted by Gasteiger charge is 2.46. The van der Waals surface area contributed by atoms with Crippen LogP contribution >= 0.6 is 23.5 Å². The minimum absolute atomic E-state index is 0.343. The van der Waals surface area contributed by atoms with E-state index in [1.165, 1.54) is 58.7 Å². The van der Waals surface area contributed by atoms with Gasteiger partial charge in [0, 0.05) is 36.7 Å². The van der Waals surface area contributed by atoms with Crippen molar-refractivity contribution in [1.29, 1.82) is 0 Å². The van der Waals surface area contributed by atoms with Crippen molar-refractivity contribution in [2.45, 2.75) is 59.6 Å². The Bertz CT molecular complexity index is 1320. The molecule has 4 aliphatic rings. The molecule has 3 aliphatic heterocycles. The lowest BCUT2D eigenvalue weighted by Crippen LogP contribution is -2.62. The van der Waals surface area contributed by atoms with Crippen LogP contribution in [0.3, 0.4) is 0 Å². The second-order valence-electron chi connectivity index (χ2n) is 9.53. The largest absolute Gasteiger partial charge is 0.312 e. The maximum atomic E-state index is 2.54. The van der Waals surface area contributed by atoms with Crippen LogP contribution in [0.2, 0.25) is 0 Å². The molecular formula is C29H26BNS2. The summed E-state index contributed by atoms with van der Waals surface area (Å²) in [5, 5.41) is 0. The molecule has 33 heavy (non-hydrogen) atoms. The maximum Gasteiger partial charge on any atom is 0.252 e. The van der Waals surface area contributed by atoms with Crippen molar-refractivity contribution < 1.29 is 0 Å². The Hall–Kier alpha value is -2.30. The molecule has 1 aliphatic carbocycles. The van der Waals surface area contributed by atoms with Crippen LogP contribution in [0.1, 0.15) is 38.3 Å². The molecule has 0 amide bonds. The van der Waals surface area contributed by atoms with Crippen LogP contribution in [0.15, 0.2) is 86.0 Å². The van der Waals surface area contributed by atoms with Crippen LogP contribution in [0, 0.1) is 5.92 Å². The third kappa shape index (κ3) is 2.71. The van der Waals surface area contributed by atoms with Crippen LogP contribution in [-0.4, -0.2) is 6.71 Å². The maximum absolute atomic E-state index is 2.54. The van der Waals surface area contributed by atoms with Gasteiger partial charge < -0.3 is 4.90 Å². The van der Waals surface area contributed by atoms with Crippen molar-refractivity contribution >= 4 is 58.0 Å². The molecule has 0 N–H and O–H groups in total. The van der Waals surface area contributed by atoms with E-state index in [0.29, 0.717) is 12.6 Å². The molecule has 3 aromatic carbocycles. The second-order valence-corrected chi connectivity index (χ2v) is 11.6. The highest BCUT2D eigenvalue weighted by molar-refractivity contribution is 8.01. The molecule has 0 radical (unpaired) electrons. The molecule has 1 nitrogen and oxygen atoms in total. The van der Waals surface area contributed by atoms with Gasteiger partial charge in [0.1, 0.15) is 0 Å². The zero-order chi connectivity index (χ0) is 22.3. The molecule has 1 unspecified atom stereocenters. The van der Waals surface area contributed by atoms with Crippen LogP contribution in [0.25, 0.3) is 0 Å². The fourth-order valence-electron chi connectivity index (χ4n) is 5.97. The Labute approximate surface area is 205 Å². The molecule has 0 bridgehead atoms. The summed E-state index contributed by atoms with van der Waals surface area (Å²) >= 11 is 4.02. The lowest BCUT2D eigenvalue weighted by molar-refractivity contribution is 0.728. The molecule has 0 saturated carbocycles. The highest BCUT2D eigenvalue weighted by Crippen LogP contribution is 2.47. The average Bonchev–Trinajstić information content (AvgIpc) is 2.85.